The number of amides is 1. The molecule has 0 spiro atoms. The lowest BCUT2D eigenvalue weighted by atomic mass is 10.1. The average Bonchev–Trinajstić information content (AvgIpc) is 3.11. The lowest BCUT2D eigenvalue weighted by Crippen LogP contribution is -2.33. The number of hydrogen-bond donors (Lipinski definition) is 2. The second kappa shape index (κ2) is 5.60. The Morgan fingerprint density at radius 2 is 2.29 bits per heavy atom. The van der Waals surface area contributed by atoms with Gasteiger partial charge in [-0.2, -0.15) is 5.10 Å². The maximum absolute atomic E-state index is 12.2. The molecule has 0 aliphatic heterocycles. The Kier molecular flexibility index (Phi) is 3.64. The van der Waals surface area contributed by atoms with E-state index in [0.717, 1.165) is 18.0 Å². The number of nitrogens with two attached hydrogens (primary N) is 1. The Balaban J connectivity index is 1.67. The van der Waals surface area contributed by atoms with Crippen LogP contribution in [-0.2, 0) is 0 Å². The average molecular weight is 284 g/mol. The van der Waals surface area contributed by atoms with Crippen molar-refractivity contribution in [3.05, 3.63) is 42.2 Å². The molecule has 0 saturated heterocycles. The normalized spacial score (nSPS) is 15.7. The predicted octanol–water partition coefficient (Wildman–Crippen LogP) is 2.37. The highest BCUT2D eigenvalue weighted by atomic mass is 16.2. The number of rotatable bonds is 5. The van der Waals surface area contributed by atoms with E-state index >= 15 is 0 Å². The van der Waals surface area contributed by atoms with Crippen LogP contribution in [-0.4, -0.2) is 21.7 Å². The zero-order valence-electron chi connectivity index (χ0n) is 12.1. The molecule has 1 saturated carbocycles. The summed E-state index contributed by atoms with van der Waals surface area (Å²) in [7, 11) is 0. The number of carbonyl (C=O) groups is 1. The maximum Gasteiger partial charge on any atom is 0.271 e. The molecule has 110 valence electrons. The Hall–Kier alpha value is -2.30. The van der Waals surface area contributed by atoms with Gasteiger partial charge in [-0.15, -0.1) is 0 Å². The maximum atomic E-state index is 12.2. The fourth-order valence-corrected chi connectivity index (χ4v) is 2.47. The monoisotopic (exact) mass is 284 g/mol. The molecule has 1 heterocycles. The molecule has 3 N–H and O–H groups in total. The standard InChI is InChI=1S/C16H20N4O/c1-11(9-12-5-6-12)18-16(21)15-7-8-20(19-15)14-4-2-3-13(17)10-14/h2-4,7-8,10-12H,5-6,9,17H2,1H3,(H,18,21). The molecule has 5 nitrogen and oxygen atoms in total. The van der Waals surface area contributed by atoms with Crippen LogP contribution in [0.25, 0.3) is 5.69 Å². The van der Waals surface area contributed by atoms with Gasteiger partial charge in [0.25, 0.3) is 5.91 Å². The van der Waals surface area contributed by atoms with Crippen LogP contribution < -0.4 is 11.1 Å². The SMILES string of the molecule is CC(CC1CC1)NC(=O)c1ccn(-c2cccc(N)c2)n1. The molecule has 2 aromatic rings. The molecule has 1 aromatic carbocycles. The Morgan fingerprint density at radius 1 is 1.48 bits per heavy atom. The van der Waals surface area contributed by atoms with Gasteiger partial charge in [0.2, 0.25) is 0 Å². The van der Waals surface area contributed by atoms with Crippen LogP contribution in [0.5, 0.6) is 0 Å². The number of anilines is 1. The fourth-order valence-electron chi connectivity index (χ4n) is 2.47. The third-order valence-electron chi connectivity index (χ3n) is 3.72. The van der Waals surface area contributed by atoms with E-state index in [4.69, 9.17) is 5.73 Å². The predicted molar refractivity (Wildman–Crippen MR) is 82.2 cm³/mol. The van der Waals surface area contributed by atoms with Gasteiger partial charge in [-0.05, 0) is 43.5 Å². The number of nitrogen functional groups attached to an aromatic ring is 1. The van der Waals surface area contributed by atoms with Gasteiger partial charge in [-0.1, -0.05) is 18.9 Å². The van der Waals surface area contributed by atoms with Crippen molar-refractivity contribution in [3.8, 4) is 5.69 Å². The van der Waals surface area contributed by atoms with Gasteiger partial charge in [0.15, 0.2) is 5.69 Å². The summed E-state index contributed by atoms with van der Waals surface area (Å²) in [4.78, 5) is 12.2. The first kappa shape index (κ1) is 13.7. The minimum absolute atomic E-state index is 0.120. The van der Waals surface area contributed by atoms with E-state index in [1.165, 1.54) is 12.8 Å². The van der Waals surface area contributed by atoms with Crippen LogP contribution in [0.2, 0.25) is 0 Å². The first-order valence-electron chi connectivity index (χ1n) is 7.34. The first-order valence-corrected chi connectivity index (χ1v) is 7.34. The van der Waals surface area contributed by atoms with Gasteiger partial charge in [0.05, 0.1) is 5.69 Å². The van der Waals surface area contributed by atoms with Crippen LogP contribution in [0.4, 0.5) is 5.69 Å². The Bertz CT molecular complexity index is 645. The Morgan fingerprint density at radius 3 is 3.00 bits per heavy atom. The van der Waals surface area contributed by atoms with Crippen molar-refractivity contribution in [3.63, 3.8) is 0 Å². The van der Waals surface area contributed by atoms with Crippen LogP contribution in [0.1, 0.15) is 36.7 Å². The van der Waals surface area contributed by atoms with Gasteiger partial charge < -0.3 is 11.1 Å². The first-order chi connectivity index (χ1) is 10.1. The van der Waals surface area contributed by atoms with E-state index in [1.807, 2.05) is 31.2 Å². The lowest BCUT2D eigenvalue weighted by Gasteiger charge is -2.11. The van der Waals surface area contributed by atoms with Gasteiger partial charge in [0.1, 0.15) is 0 Å². The summed E-state index contributed by atoms with van der Waals surface area (Å²) >= 11 is 0. The van der Waals surface area contributed by atoms with E-state index in [2.05, 4.69) is 10.4 Å². The van der Waals surface area contributed by atoms with Crippen molar-refractivity contribution < 1.29 is 4.79 Å². The highest BCUT2D eigenvalue weighted by Crippen LogP contribution is 2.33. The molecule has 1 atom stereocenters. The van der Waals surface area contributed by atoms with Crippen LogP contribution >= 0.6 is 0 Å². The van der Waals surface area contributed by atoms with Crippen molar-refractivity contribution in [1.82, 2.24) is 15.1 Å². The molecular weight excluding hydrogens is 264 g/mol. The third kappa shape index (κ3) is 3.42. The van der Waals surface area contributed by atoms with E-state index in [9.17, 15) is 4.79 Å². The second-order valence-corrected chi connectivity index (χ2v) is 5.79. The van der Waals surface area contributed by atoms with Gasteiger partial charge >= 0.3 is 0 Å². The summed E-state index contributed by atoms with van der Waals surface area (Å²) in [5.41, 5.74) is 7.71. The largest absolute Gasteiger partial charge is 0.399 e. The molecule has 21 heavy (non-hydrogen) atoms. The van der Waals surface area contributed by atoms with E-state index in [-0.39, 0.29) is 11.9 Å². The van der Waals surface area contributed by atoms with Crippen molar-refractivity contribution >= 4 is 11.6 Å². The number of benzene rings is 1. The summed E-state index contributed by atoms with van der Waals surface area (Å²) in [5.74, 6) is 0.677. The lowest BCUT2D eigenvalue weighted by molar-refractivity contribution is 0.0932. The van der Waals surface area contributed by atoms with E-state index in [0.29, 0.717) is 11.4 Å². The zero-order valence-corrected chi connectivity index (χ0v) is 12.1. The second-order valence-electron chi connectivity index (χ2n) is 5.79. The quantitative estimate of drug-likeness (QED) is 0.828. The third-order valence-corrected chi connectivity index (χ3v) is 3.72. The summed E-state index contributed by atoms with van der Waals surface area (Å²) in [6.45, 7) is 2.05. The molecular formula is C16H20N4O. The molecule has 0 bridgehead atoms. The van der Waals surface area contributed by atoms with Crippen molar-refractivity contribution in [2.24, 2.45) is 5.92 Å². The molecule has 1 aromatic heterocycles. The molecule has 5 heteroatoms. The molecule has 1 aliphatic rings. The highest BCUT2D eigenvalue weighted by Gasteiger charge is 2.24. The minimum atomic E-state index is -0.120. The molecule has 1 unspecified atom stereocenters. The molecule has 1 amide bonds. The van der Waals surface area contributed by atoms with Crippen molar-refractivity contribution in [2.75, 3.05) is 5.73 Å². The van der Waals surface area contributed by atoms with Gasteiger partial charge in [-0.25, -0.2) is 4.68 Å². The number of nitrogens with zero attached hydrogens (tertiary/aromatic N) is 2. The van der Waals surface area contributed by atoms with E-state index in [1.54, 1.807) is 16.9 Å². The van der Waals surface area contributed by atoms with Crippen molar-refractivity contribution in [2.45, 2.75) is 32.2 Å². The molecule has 0 radical (unpaired) electrons. The highest BCUT2D eigenvalue weighted by molar-refractivity contribution is 5.92. The summed E-state index contributed by atoms with van der Waals surface area (Å²) in [6.07, 6.45) is 5.42. The van der Waals surface area contributed by atoms with Crippen LogP contribution in [0.3, 0.4) is 0 Å². The zero-order chi connectivity index (χ0) is 14.8. The smallest absolute Gasteiger partial charge is 0.271 e. The number of aromatic nitrogens is 2. The van der Waals surface area contributed by atoms with Gasteiger partial charge in [-0.3, -0.25) is 4.79 Å². The number of nitrogens with one attached hydrogen (secondary N) is 1. The van der Waals surface area contributed by atoms with Gasteiger partial charge in [0, 0.05) is 17.9 Å². The molecule has 3 rings (SSSR count). The van der Waals surface area contributed by atoms with Crippen LogP contribution in [0, 0.1) is 5.92 Å². The summed E-state index contributed by atoms with van der Waals surface area (Å²) < 4.78 is 1.66. The summed E-state index contributed by atoms with van der Waals surface area (Å²) in [5, 5.41) is 7.32. The molecule has 1 fully saturated rings. The number of carbonyl (C=O) groups excluding carboxylic acids is 1. The van der Waals surface area contributed by atoms with Crippen LogP contribution in [0.15, 0.2) is 36.5 Å². The topological polar surface area (TPSA) is 72.9 Å². The minimum Gasteiger partial charge on any atom is -0.399 e. The fraction of sp³-hybridized carbons (Fsp3) is 0.375. The number of hydrogen-bond acceptors (Lipinski definition) is 3. The Labute approximate surface area is 124 Å². The van der Waals surface area contributed by atoms with Crippen molar-refractivity contribution in [1.29, 1.82) is 0 Å². The van der Waals surface area contributed by atoms with E-state index < -0.39 is 0 Å². The molecule has 1 aliphatic carbocycles. The summed E-state index contributed by atoms with van der Waals surface area (Å²) in [6, 6.07) is 9.33.